The highest BCUT2D eigenvalue weighted by atomic mass is 16.5. The predicted molar refractivity (Wildman–Crippen MR) is 73.8 cm³/mol. The van der Waals surface area contributed by atoms with Crippen molar-refractivity contribution in [1.82, 2.24) is 10.2 Å². The third kappa shape index (κ3) is 2.59. The predicted octanol–water partition coefficient (Wildman–Crippen LogP) is 2.16. The lowest BCUT2D eigenvalue weighted by atomic mass is 9.87. The second-order valence-corrected chi connectivity index (χ2v) is 6.81. The van der Waals surface area contributed by atoms with Crippen LogP contribution in [0.3, 0.4) is 0 Å². The lowest BCUT2D eigenvalue weighted by molar-refractivity contribution is -0.105. The van der Waals surface area contributed by atoms with Crippen molar-refractivity contribution in [2.75, 3.05) is 19.7 Å². The summed E-state index contributed by atoms with van der Waals surface area (Å²) in [6.07, 6.45) is 7.89. The van der Waals surface area contributed by atoms with E-state index in [-0.39, 0.29) is 5.60 Å². The fraction of sp³-hybridized carbons (Fsp3) is 1.00. The first-order valence-electron chi connectivity index (χ1n) is 7.81. The summed E-state index contributed by atoms with van der Waals surface area (Å²) in [5, 5.41) is 3.64. The van der Waals surface area contributed by atoms with E-state index < -0.39 is 0 Å². The maximum absolute atomic E-state index is 6.16. The van der Waals surface area contributed by atoms with E-state index >= 15 is 0 Å². The molecule has 0 aromatic heterocycles. The number of rotatable bonds is 1. The minimum atomic E-state index is 0.264. The Kier molecular flexibility index (Phi) is 3.65. The molecule has 104 valence electrons. The van der Waals surface area contributed by atoms with Crippen molar-refractivity contribution in [2.45, 2.75) is 76.1 Å². The lowest BCUT2D eigenvalue weighted by Crippen LogP contribution is -2.59. The van der Waals surface area contributed by atoms with Gasteiger partial charge in [0.05, 0.1) is 5.60 Å². The molecular formula is C15H28N2O. The number of hydrogen-bond acceptors (Lipinski definition) is 3. The van der Waals surface area contributed by atoms with Crippen LogP contribution >= 0.6 is 0 Å². The summed E-state index contributed by atoms with van der Waals surface area (Å²) in [4.78, 5) is 2.73. The lowest BCUT2D eigenvalue weighted by Gasteiger charge is -2.46. The molecule has 3 nitrogen and oxygen atoms in total. The summed E-state index contributed by atoms with van der Waals surface area (Å²) >= 11 is 0. The zero-order chi connectivity index (χ0) is 12.6. The molecule has 1 aliphatic carbocycles. The van der Waals surface area contributed by atoms with Gasteiger partial charge < -0.3 is 10.1 Å². The Morgan fingerprint density at radius 2 is 1.78 bits per heavy atom. The van der Waals surface area contributed by atoms with Crippen LogP contribution in [0.2, 0.25) is 0 Å². The van der Waals surface area contributed by atoms with Crippen LogP contribution in [-0.4, -0.2) is 48.3 Å². The molecule has 1 saturated carbocycles. The van der Waals surface area contributed by atoms with Crippen molar-refractivity contribution < 1.29 is 4.74 Å². The fourth-order valence-electron chi connectivity index (χ4n) is 4.35. The van der Waals surface area contributed by atoms with Gasteiger partial charge in [-0.1, -0.05) is 12.8 Å². The molecular weight excluding hydrogens is 224 g/mol. The van der Waals surface area contributed by atoms with Crippen LogP contribution in [0.25, 0.3) is 0 Å². The standard InChI is InChI=1S/C15H28N2O/c1-12-10-17(11-13(2)16-12)14-5-8-18-15(9-14)6-3-4-7-15/h12-14,16H,3-11H2,1-2H3. The topological polar surface area (TPSA) is 24.5 Å². The van der Waals surface area contributed by atoms with Gasteiger partial charge in [-0.05, 0) is 39.5 Å². The molecule has 2 heterocycles. The molecule has 3 unspecified atom stereocenters. The van der Waals surface area contributed by atoms with Crippen LogP contribution in [0, 0.1) is 0 Å². The van der Waals surface area contributed by atoms with Gasteiger partial charge in [0.2, 0.25) is 0 Å². The smallest absolute Gasteiger partial charge is 0.0697 e. The molecule has 3 aliphatic rings. The Morgan fingerprint density at radius 1 is 1.11 bits per heavy atom. The molecule has 0 amide bonds. The third-order valence-corrected chi connectivity index (χ3v) is 5.08. The molecule has 0 bridgehead atoms. The zero-order valence-corrected chi connectivity index (χ0v) is 12.0. The molecule has 0 aromatic carbocycles. The molecule has 18 heavy (non-hydrogen) atoms. The van der Waals surface area contributed by atoms with Crippen molar-refractivity contribution in [3.05, 3.63) is 0 Å². The second-order valence-electron chi connectivity index (χ2n) is 6.81. The maximum atomic E-state index is 6.16. The van der Waals surface area contributed by atoms with Gasteiger partial charge in [0.25, 0.3) is 0 Å². The van der Waals surface area contributed by atoms with Crippen molar-refractivity contribution in [1.29, 1.82) is 0 Å². The highest BCUT2D eigenvalue weighted by Crippen LogP contribution is 2.41. The van der Waals surface area contributed by atoms with Gasteiger partial charge in [0.1, 0.15) is 0 Å². The molecule has 1 spiro atoms. The van der Waals surface area contributed by atoms with Gasteiger partial charge in [-0.25, -0.2) is 0 Å². The average Bonchev–Trinajstić information content (AvgIpc) is 2.76. The molecule has 3 rings (SSSR count). The molecule has 3 heteroatoms. The Bertz CT molecular complexity index is 278. The van der Waals surface area contributed by atoms with E-state index in [1.807, 2.05) is 0 Å². The number of nitrogens with zero attached hydrogens (tertiary/aromatic N) is 1. The van der Waals surface area contributed by atoms with Crippen LogP contribution in [0.15, 0.2) is 0 Å². The van der Waals surface area contributed by atoms with Gasteiger partial charge in [-0.15, -0.1) is 0 Å². The van der Waals surface area contributed by atoms with Crippen molar-refractivity contribution in [3.63, 3.8) is 0 Å². The van der Waals surface area contributed by atoms with Gasteiger partial charge in [-0.3, -0.25) is 4.90 Å². The highest BCUT2D eigenvalue weighted by Gasteiger charge is 2.42. The molecule has 0 radical (unpaired) electrons. The summed E-state index contributed by atoms with van der Waals surface area (Å²) in [6.45, 7) is 8.04. The summed E-state index contributed by atoms with van der Waals surface area (Å²) in [5.41, 5.74) is 0.264. The summed E-state index contributed by atoms with van der Waals surface area (Å²) in [7, 11) is 0. The first-order valence-corrected chi connectivity index (χ1v) is 7.81. The fourth-order valence-corrected chi connectivity index (χ4v) is 4.35. The number of ether oxygens (including phenoxy) is 1. The van der Waals surface area contributed by atoms with E-state index in [4.69, 9.17) is 4.74 Å². The minimum Gasteiger partial charge on any atom is -0.375 e. The van der Waals surface area contributed by atoms with Crippen LogP contribution < -0.4 is 5.32 Å². The maximum Gasteiger partial charge on any atom is 0.0697 e. The van der Waals surface area contributed by atoms with Crippen LogP contribution in [0.5, 0.6) is 0 Å². The van der Waals surface area contributed by atoms with Crippen molar-refractivity contribution >= 4 is 0 Å². The van der Waals surface area contributed by atoms with Crippen LogP contribution in [0.1, 0.15) is 52.4 Å². The first kappa shape index (κ1) is 12.9. The van der Waals surface area contributed by atoms with Gasteiger partial charge in [0.15, 0.2) is 0 Å². The Hall–Kier alpha value is -0.120. The second kappa shape index (κ2) is 5.10. The SMILES string of the molecule is CC1CN(C2CCOC3(CCCC3)C2)CC(C)N1. The van der Waals surface area contributed by atoms with Gasteiger partial charge in [0, 0.05) is 37.8 Å². The molecule has 2 aliphatic heterocycles. The first-order chi connectivity index (χ1) is 8.67. The molecule has 1 N–H and O–H groups in total. The molecule has 3 atom stereocenters. The van der Waals surface area contributed by atoms with E-state index in [9.17, 15) is 0 Å². The summed E-state index contributed by atoms with van der Waals surface area (Å²) in [6, 6.07) is 2.04. The van der Waals surface area contributed by atoms with E-state index in [0.717, 1.165) is 12.6 Å². The Labute approximate surface area is 111 Å². The largest absolute Gasteiger partial charge is 0.375 e. The average molecular weight is 252 g/mol. The molecule has 0 aromatic rings. The monoisotopic (exact) mass is 252 g/mol. The van der Waals surface area contributed by atoms with E-state index in [1.54, 1.807) is 0 Å². The van der Waals surface area contributed by atoms with E-state index in [1.165, 1.54) is 51.6 Å². The van der Waals surface area contributed by atoms with E-state index in [0.29, 0.717) is 12.1 Å². The highest BCUT2D eigenvalue weighted by molar-refractivity contribution is 4.96. The summed E-state index contributed by atoms with van der Waals surface area (Å²) in [5.74, 6) is 0. The molecule has 3 fully saturated rings. The van der Waals surface area contributed by atoms with E-state index in [2.05, 4.69) is 24.1 Å². The minimum absolute atomic E-state index is 0.264. The van der Waals surface area contributed by atoms with Crippen LogP contribution in [0.4, 0.5) is 0 Å². The zero-order valence-electron chi connectivity index (χ0n) is 12.0. The molecule has 2 saturated heterocycles. The van der Waals surface area contributed by atoms with Gasteiger partial charge in [-0.2, -0.15) is 0 Å². The number of hydrogen-bond donors (Lipinski definition) is 1. The summed E-state index contributed by atoms with van der Waals surface area (Å²) < 4.78 is 6.16. The van der Waals surface area contributed by atoms with Crippen molar-refractivity contribution in [3.8, 4) is 0 Å². The van der Waals surface area contributed by atoms with Gasteiger partial charge >= 0.3 is 0 Å². The van der Waals surface area contributed by atoms with Crippen LogP contribution in [-0.2, 0) is 4.74 Å². The third-order valence-electron chi connectivity index (χ3n) is 5.08. The van der Waals surface area contributed by atoms with Crippen molar-refractivity contribution in [2.24, 2.45) is 0 Å². The quantitative estimate of drug-likeness (QED) is 0.774. The number of nitrogens with one attached hydrogen (secondary N) is 1. The number of piperazine rings is 1. The Balaban J connectivity index is 1.64. The Morgan fingerprint density at radius 3 is 2.44 bits per heavy atom. The normalized spacial score (nSPS) is 41.3.